The largest absolute Gasteiger partial charge is 0.488 e. The van der Waals surface area contributed by atoms with Gasteiger partial charge in [-0.15, -0.1) is 0 Å². The number of likely N-dealkylation sites (N-methyl/N-ethyl adjacent to an activating group) is 1. The van der Waals surface area contributed by atoms with Crippen molar-refractivity contribution in [2.75, 3.05) is 25.5 Å². The van der Waals surface area contributed by atoms with Crippen LogP contribution in [0.5, 0.6) is 5.75 Å². The Morgan fingerprint density at radius 3 is 2.83 bits per heavy atom. The number of nitrogens with zero attached hydrogens (tertiary/aromatic N) is 1. The number of halogens is 1. The molecule has 1 heterocycles. The molecule has 0 aliphatic carbocycles. The first-order chi connectivity index (χ1) is 13.8. The molecule has 0 aromatic heterocycles. The molecule has 0 spiro atoms. The van der Waals surface area contributed by atoms with Crippen molar-refractivity contribution in [3.63, 3.8) is 0 Å². The van der Waals surface area contributed by atoms with Crippen LogP contribution in [-0.4, -0.2) is 36.9 Å². The number of hydrogen-bond acceptors (Lipinski definition) is 3. The van der Waals surface area contributed by atoms with Gasteiger partial charge in [0, 0.05) is 29.4 Å². The van der Waals surface area contributed by atoms with Crippen LogP contribution in [0.15, 0.2) is 54.1 Å². The lowest BCUT2D eigenvalue weighted by Gasteiger charge is -2.17. The van der Waals surface area contributed by atoms with E-state index in [9.17, 15) is 9.59 Å². The van der Waals surface area contributed by atoms with Crippen molar-refractivity contribution in [1.82, 2.24) is 4.90 Å². The van der Waals surface area contributed by atoms with Gasteiger partial charge >= 0.3 is 0 Å². The van der Waals surface area contributed by atoms with Gasteiger partial charge in [0.2, 0.25) is 11.8 Å². The van der Waals surface area contributed by atoms with Crippen molar-refractivity contribution in [2.24, 2.45) is 0 Å². The molecule has 0 saturated heterocycles. The second kappa shape index (κ2) is 8.97. The standard InChI is InChI=1S/C23H23ClN2O3/c1-15-5-4-6-20(16(15)2)25-22(27)13-26(3)23(28)10-7-17-11-18-12-19(24)8-9-21(18)29-14-17/h4-12H,13-14H2,1-3H3,(H,25,27)/b10-7+. The summed E-state index contributed by atoms with van der Waals surface area (Å²) in [6.07, 6.45) is 5.07. The fourth-order valence-electron chi connectivity index (χ4n) is 2.94. The van der Waals surface area contributed by atoms with Gasteiger partial charge in [-0.3, -0.25) is 9.59 Å². The first-order valence-corrected chi connectivity index (χ1v) is 9.63. The van der Waals surface area contributed by atoms with E-state index in [1.165, 1.54) is 11.0 Å². The van der Waals surface area contributed by atoms with Gasteiger partial charge in [0.1, 0.15) is 12.4 Å². The highest BCUT2D eigenvalue weighted by Crippen LogP contribution is 2.29. The molecule has 2 aromatic carbocycles. The molecule has 1 aliphatic heterocycles. The van der Waals surface area contributed by atoms with Gasteiger partial charge < -0.3 is 15.0 Å². The quantitative estimate of drug-likeness (QED) is 0.744. The Morgan fingerprint density at radius 1 is 1.24 bits per heavy atom. The first-order valence-electron chi connectivity index (χ1n) is 9.25. The lowest BCUT2D eigenvalue weighted by molar-refractivity contribution is -0.129. The summed E-state index contributed by atoms with van der Waals surface area (Å²) < 4.78 is 5.67. The fraction of sp³-hybridized carbons (Fsp3) is 0.217. The third kappa shape index (κ3) is 5.27. The Bertz CT molecular complexity index is 1010. The topological polar surface area (TPSA) is 58.6 Å². The van der Waals surface area contributed by atoms with Crippen LogP contribution in [0.4, 0.5) is 5.69 Å². The van der Waals surface area contributed by atoms with Crippen molar-refractivity contribution in [3.8, 4) is 5.75 Å². The average molecular weight is 411 g/mol. The van der Waals surface area contributed by atoms with Crippen molar-refractivity contribution in [1.29, 1.82) is 0 Å². The van der Waals surface area contributed by atoms with Gasteiger partial charge in [-0.1, -0.05) is 29.8 Å². The summed E-state index contributed by atoms with van der Waals surface area (Å²) in [6, 6.07) is 11.1. The van der Waals surface area contributed by atoms with Crippen LogP contribution in [0.3, 0.4) is 0 Å². The number of rotatable bonds is 5. The molecule has 2 amide bonds. The van der Waals surface area contributed by atoms with E-state index in [1.54, 1.807) is 19.2 Å². The number of ether oxygens (including phenoxy) is 1. The average Bonchev–Trinajstić information content (AvgIpc) is 2.69. The van der Waals surface area contributed by atoms with Gasteiger partial charge in [-0.05, 0) is 60.9 Å². The molecule has 150 valence electrons. The smallest absolute Gasteiger partial charge is 0.246 e. The summed E-state index contributed by atoms with van der Waals surface area (Å²) in [4.78, 5) is 26.0. The van der Waals surface area contributed by atoms with Gasteiger partial charge in [0.15, 0.2) is 0 Å². The van der Waals surface area contributed by atoms with E-state index in [1.807, 2.05) is 50.3 Å². The van der Waals surface area contributed by atoms with Crippen LogP contribution < -0.4 is 10.1 Å². The van der Waals surface area contributed by atoms with E-state index in [0.717, 1.165) is 33.7 Å². The van der Waals surface area contributed by atoms with E-state index < -0.39 is 0 Å². The van der Waals surface area contributed by atoms with Crippen LogP contribution in [0.2, 0.25) is 5.02 Å². The number of aryl methyl sites for hydroxylation is 1. The maximum Gasteiger partial charge on any atom is 0.246 e. The number of anilines is 1. The zero-order valence-electron chi connectivity index (χ0n) is 16.7. The van der Waals surface area contributed by atoms with Gasteiger partial charge in [0.05, 0.1) is 6.54 Å². The van der Waals surface area contributed by atoms with E-state index in [2.05, 4.69) is 5.32 Å². The number of nitrogens with one attached hydrogen (secondary N) is 1. The normalized spacial score (nSPS) is 12.8. The Labute approximate surface area is 175 Å². The molecule has 0 saturated carbocycles. The minimum absolute atomic E-state index is 0.0372. The summed E-state index contributed by atoms with van der Waals surface area (Å²) in [6.45, 7) is 4.27. The van der Waals surface area contributed by atoms with Gasteiger partial charge in [-0.25, -0.2) is 0 Å². The predicted molar refractivity (Wildman–Crippen MR) is 116 cm³/mol. The molecule has 0 atom stereocenters. The molecule has 0 radical (unpaired) electrons. The molecule has 2 aromatic rings. The first kappa shape index (κ1) is 20.7. The molecule has 0 unspecified atom stereocenters. The van der Waals surface area contributed by atoms with Crippen LogP contribution in [0.1, 0.15) is 16.7 Å². The minimum atomic E-state index is -0.265. The SMILES string of the molecule is Cc1cccc(NC(=O)CN(C)C(=O)/C=C/C2=Cc3cc(Cl)ccc3OC2)c1C. The number of hydrogen-bond donors (Lipinski definition) is 1. The molecule has 1 aliphatic rings. The summed E-state index contributed by atoms with van der Waals surface area (Å²) in [5, 5.41) is 3.48. The monoisotopic (exact) mass is 410 g/mol. The molecule has 0 bridgehead atoms. The highest BCUT2D eigenvalue weighted by molar-refractivity contribution is 6.30. The molecule has 3 rings (SSSR count). The summed E-state index contributed by atoms with van der Waals surface area (Å²) in [7, 11) is 1.59. The lowest BCUT2D eigenvalue weighted by Crippen LogP contribution is -2.34. The summed E-state index contributed by atoms with van der Waals surface area (Å²) in [5.74, 6) is 0.253. The number of fused-ring (bicyclic) bond motifs is 1. The van der Waals surface area contributed by atoms with Gasteiger partial charge in [0.25, 0.3) is 0 Å². The Balaban J connectivity index is 1.59. The molecule has 29 heavy (non-hydrogen) atoms. The molecule has 6 heteroatoms. The third-order valence-electron chi connectivity index (χ3n) is 4.78. The van der Waals surface area contributed by atoms with Crippen LogP contribution in [0.25, 0.3) is 6.08 Å². The highest BCUT2D eigenvalue weighted by atomic mass is 35.5. The zero-order chi connectivity index (χ0) is 21.0. The summed E-state index contributed by atoms with van der Waals surface area (Å²) in [5.41, 5.74) is 4.59. The molecule has 0 fully saturated rings. The third-order valence-corrected chi connectivity index (χ3v) is 5.02. The lowest BCUT2D eigenvalue weighted by atomic mass is 10.1. The molecular weight excluding hydrogens is 388 g/mol. The second-order valence-corrected chi connectivity index (χ2v) is 7.45. The number of carbonyl (C=O) groups excluding carboxylic acids is 2. The number of amides is 2. The van der Waals surface area contributed by atoms with Crippen molar-refractivity contribution < 1.29 is 14.3 Å². The van der Waals surface area contributed by atoms with Gasteiger partial charge in [-0.2, -0.15) is 0 Å². The van der Waals surface area contributed by atoms with Crippen molar-refractivity contribution in [2.45, 2.75) is 13.8 Å². The molecule has 5 nitrogen and oxygen atoms in total. The Morgan fingerprint density at radius 2 is 2.03 bits per heavy atom. The van der Waals surface area contributed by atoms with Crippen LogP contribution in [0, 0.1) is 13.8 Å². The highest BCUT2D eigenvalue weighted by Gasteiger charge is 2.14. The van der Waals surface area contributed by atoms with E-state index >= 15 is 0 Å². The fourth-order valence-corrected chi connectivity index (χ4v) is 3.12. The molecular formula is C23H23ClN2O3. The van der Waals surface area contributed by atoms with E-state index in [0.29, 0.717) is 11.6 Å². The summed E-state index contributed by atoms with van der Waals surface area (Å²) >= 11 is 6.02. The van der Waals surface area contributed by atoms with Crippen molar-refractivity contribution in [3.05, 3.63) is 75.8 Å². The predicted octanol–water partition coefficient (Wildman–Crippen LogP) is 4.39. The van der Waals surface area contributed by atoms with Crippen LogP contribution >= 0.6 is 11.6 Å². The van der Waals surface area contributed by atoms with E-state index in [-0.39, 0.29) is 18.4 Å². The Hall–Kier alpha value is -3.05. The maximum atomic E-state index is 12.4. The minimum Gasteiger partial charge on any atom is -0.488 e. The number of carbonyl (C=O) groups is 2. The van der Waals surface area contributed by atoms with E-state index in [4.69, 9.17) is 16.3 Å². The number of benzene rings is 2. The zero-order valence-corrected chi connectivity index (χ0v) is 17.4. The maximum absolute atomic E-state index is 12.4. The van der Waals surface area contributed by atoms with Crippen LogP contribution in [-0.2, 0) is 9.59 Å². The molecule has 1 N–H and O–H groups in total. The van der Waals surface area contributed by atoms with Crippen molar-refractivity contribution >= 4 is 35.2 Å². The Kier molecular flexibility index (Phi) is 6.39. The second-order valence-electron chi connectivity index (χ2n) is 7.01.